The van der Waals surface area contributed by atoms with Crippen LogP contribution in [0.3, 0.4) is 0 Å². The molecule has 0 radical (unpaired) electrons. The van der Waals surface area contributed by atoms with Crippen molar-refractivity contribution >= 4 is 22.3 Å². The van der Waals surface area contributed by atoms with Gasteiger partial charge in [0.1, 0.15) is 0 Å². The van der Waals surface area contributed by atoms with Crippen LogP contribution in [-0.4, -0.2) is 42.6 Å². The van der Waals surface area contributed by atoms with Crippen molar-refractivity contribution in [3.8, 4) is 0 Å². The minimum Gasteiger partial charge on any atom is -0.396 e. The minimum atomic E-state index is 0.556. The van der Waals surface area contributed by atoms with Gasteiger partial charge in [0.15, 0.2) is 0 Å². The fraction of sp³-hybridized carbons (Fsp3) is 0.471. The average Bonchev–Trinajstić information content (AvgIpc) is 2.54. The molecule has 4 heteroatoms. The molecule has 0 amide bonds. The number of rotatable bonds is 3. The van der Waals surface area contributed by atoms with Crippen molar-refractivity contribution in [2.24, 2.45) is 0 Å². The van der Waals surface area contributed by atoms with Crippen molar-refractivity contribution < 1.29 is 0 Å². The first-order valence-electron chi connectivity index (χ1n) is 7.79. The number of likely N-dealkylation sites (tertiary alicyclic amines) is 1. The summed E-state index contributed by atoms with van der Waals surface area (Å²) >= 11 is 0. The molecule has 1 aromatic heterocycles. The standard InChI is InChI=1S/C17H24N4/c1-3-21-10-8-13(9-11-21)20(2)17-14-6-4-5-7-16(14)19-12-15(17)18/h4-7,12-13H,3,8-11,18H2,1-2H3. The van der Waals surface area contributed by atoms with Crippen molar-refractivity contribution in [1.29, 1.82) is 0 Å². The molecular formula is C17H24N4. The van der Waals surface area contributed by atoms with E-state index >= 15 is 0 Å². The number of anilines is 2. The van der Waals surface area contributed by atoms with E-state index in [1.165, 1.54) is 25.9 Å². The van der Waals surface area contributed by atoms with Crippen molar-refractivity contribution in [2.45, 2.75) is 25.8 Å². The molecule has 0 atom stereocenters. The zero-order valence-corrected chi connectivity index (χ0v) is 12.9. The number of nitrogen functional groups attached to an aromatic ring is 1. The zero-order chi connectivity index (χ0) is 14.8. The molecule has 2 N–H and O–H groups in total. The Morgan fingerprint density at radius 1 is 1.29 bits per heavy atom. The molecule has 0 unspecified atom stereocenters. The van der Waals surface area contributed by atoms with Crippen LogP contribution in [0.4, 0.5) is 11.4 Å². The molecule has 0 bridgehead atoms. The quantitative estimate of drug-likeness (QED) is 0.941. The van der Waals surface area contributed by atoms with Crippen molar-refractivity contribution in [3.63, 3.8) is 0 Å². The normalized spacial score (nSPS) is 17.2. The number of piperidine rings is 1. The molecule has 0 saturated carbocycles. The maximum atomic E-state index is 6.23. The van der Waals surface area contributed by atoms with Gasteiger partial charge in [-0.3, -0.25) is 4.98 Å². The monoisotopic (exact) mass is 284 g/mol. The van der Waals surface area contributed by atoms with Gasteiger partial charge >= 0.3 is 0 Å². The Labute approximate surface area is 126 Å². The largest absolute Gasteiger partial charge is 0.396 e. The number of nitrogens with two attached hydrogens (primary N) is 1. The van der Waals surface area contributed by atoms with Gasteiger partial charge in [0.05, 0.1) is 23.1 Å². The van der Waals surface area contributed by atoms with Gasteiger partial charge in [0.2, 0.25) is 0 Å². The van der Waals surface area contributed by atoms with Crippen LogP contribution in [0.2, 0.25) is 0 Å². The topological polar surface area (TPSA) is 45.4 Å². The highest BCUT2D eigenvalue weighted by Crippen LogP contribution is 2.33. The van der Waals surface area contributed by atoms with Crippen LogP contribution in [0.5, 0.6) is 0 Å². The van der Waals surface area contributed by atoms with Crippen molar-refractivity contribution in [2.75, 3.05) is 37.3 Å². The van der Waals surface area contributed by atoms with Gasteiger partial charge in [-0.15, -0.1) is 0 Å². The second kappa shape index (κ2) is 5.90. The third kappa shape index (κ3) is 2.68. The second-order valence-electron chi connectivity index (χ2n) is 5.86. The Morgan fingerprint density at radius 2 is 2.00 bits per heavy atom. The van der Waals surface area contributed by atoms with Crippen LogP contribution in [0.25, 0.3) is 10.9 Å². The summed E-state index contributed by atoms with van der Waals surface area (Å²) in [6.45, 7) is 5.73. The van der Waals surface area contributed by atoms with Crippen molar-refractivity contribution in [1.82, 2.24) is 9.88 Å². The summed E-state index contributed by atoms with van der Waals surface area (Å²) in [6, 6.07) is 8.80. The van der Waals surface area contributed by atoms with Crippen LogP contribution in [0.1, 0.15) is 19.8 Å². The van der Waals surface area contributed by atoms with Crippen LogP contribution < -0.4 is 10.6 Å². The summed E-state index contributed by atoms with van der Waals surface area (Å²) in [5, 5.41) is 1.15. The van der Waals surface area contributed by atoms with Gasteiger partial charge < -0.3 is 15.5 Å². The van der Waals surface area contributed by atoms with Gasteiger partial charge in [0.25, 0.3) is 0 Å². The summed E-state index contributed by atoms with van der Waals surface area (Å²) < 4.78 is 0. The molecule has 0 spiro atoms. The maximum absolute atomic E-state index is 6.23. The molecule has 2 heterocycles. The molecule has 1 fully saturated rings. The van der Waals surface area contributed by atoms with Crippen molar-refractivity contribution in [3.05, 3.63) is 30.5 Å². The molecular weight excluding hydrogens is 260 g/mol. The summed E-state index contributed by atoms with van der Waals surface area (Å²) in [5.41, 5.74) is 9.15. The highest BCUT2D eigenvalue weighted by molar-refractivity contribution is 5.97. The first-order valence-corrected chi connectivity index (χ1v) is 7.79. The molecule has 4 nitrogen and oxygen atoms in total. The first-order chi connectivity index (χ1) is 10.2. The predicted octanol–water partition coefficient (Wildman–Crippen LogP) is 2.74. The lowest BCUT2D eigenvalue weighted by Crippen LogP contribution is -2.43. The van der Waals surface area contributed by atoms with Gasteiger partial charge in [-0.2, -0.15) is 0 Å². The van der Waals surface area contributed by atoms with E-state index in [9.17, 15) is 0 Å². The molecule has 1 aromatic carbocycles. The van der Waals surface area contributed by atoms with Crippen LogP contribution in [0, 0.1) is 0 Å². The molecule has 0 aliphatic carbocycles. The summed E-state index contributed by atoms with van der Waals surface area (Å²) in [6.07, 6.45) is 4.18. The van der Waals surface area contributed by atoms with E-state index in [2.05, 4.69) is 40.9 Å². The number of nitrogens with zero attached hydrogens (tertiary/aromatic N) is 3. The number of hydrogen-bond donors (Lipinski definition) is 1. The number of benzene rings is 1. The molecule has 21 heavy (non-hydrogen) atoms. The fourth-order valence-corrected chi connectivity index (χ4v) is 3.34. The van der Waals surface area contributed by atoms with E-state index in [0.29, 0.717) is 6.04 Å². The van der Waals surface area contributed by atoms with Gasteiger partial charge in [-0.1, -0.05) is 25.1 Å². The lowest BCUT2D eigenvalue weighted by Gasteiger charge is -2.38. The SMILES string of the molecule is CCN1CCC(N(C)c2c(N)cnc3ccccc23)CC1. The molecule has 112 valence electrons. The molecule has 1 aliphatic heterocycles. The van der Waals surface area contributed by atoms with E-state index in [-0.39, 0.29) is 0 Å². The van der Waals surface area contributed by atoms with Crippen LogP contribution in [-0.2, 0) is 0 Å². The summed E-state index contributed by atoms with van der Waals surface area (Å²) in [4.78, 5) is 9.31. The summed E-state index contributed by atoms with van der Waals surface area (Å²) in [5.74, 6) is 0. The third-order valence-corrected chi connectivity index (χ3v) is 4.68. The molecule has 1 saturated heterocycles. The smallest absolute Gasteiger partial charge is 0.0745 e. The Balaban J connectivity index is 1.91. The average molecular weight is 284 g/mol. The maximum Gasteiger partial charge on any atom is 0.0745 e. The Kier molecular flexibility index (Phi) is 3.97. The second-order valence-corrected chi connectivity index (χ2v) is 5.86. The summed E-state index contributed by atoms with van der Waals surface area (Å²) in [7, 11) is 2.17. The zero-order valence-electron chi connectivity index (χ0n) is 12.9. The van der Waals surface area contributed by atoms with E-state index < -0.39 is 0 Å². The van der Waals surface area contributed by atoms with Gasteiger partial charge in [-0.25, -0.2) is 0 Å². The Hall–Kier alpha value is -1.81. The number of fused-ring (bicyclic) bond motifs is 1. The Bertz CT molecular complexity index is 617. The van der Waals surface area contributed by atoms with E-state index in [0.717, 1.165) is 28.8 Å². The number of hydrogen-bond acceptors (Lipinski definition) is 4. The number of aromatic nitrogens is 1. The van der Waals surface area contributed by atoms with E-state index in [4.69, 9.17) is 5.73 Å². The number of pyridine rings is 1. The first kappa shape index (κ1) is 14.1. The molecule has 3 rings (SSSR count). The predicted molar refractivity (Wildman–Crippen MR) is 89.7 cm³/mol. The lowest BCUT2D eigenvalue weighted by atomic mass is 10.0. The lowest BCUT2D eigenvalue weighted by molar-refractivity contribution is 0.221. The van der Waals surface area contributed by atoms with Crippen LogP contribution in [0.15, 0.2) is 30.5 Å². The highest BCUT2D eigenvalue weighted by atomic mass is 15.2. The Morgan fingerprint density at radius 3 is 2.71 bits per heavy atom. The van der Waals surface area contributed by atoms with E-state index in [1.807, 2.05) is 12.1 Å². The van der Waals surface area contributed by atoms with E-state index in [1.54, 1.807) is 6.20 Å². The molecule has 1 aliphatic rings. The fourth-order valence-electron chi connectivity index (χ4n) is 3.34. The molecule has 2 aromatic rings. The van der Waals surface area contributed by atoms with Crippen LogP contribution >= 0.6 is 0 Å². The highest BCUT2D eigenvalue weighted by Gasteiger charge is 2.24. The van der Waals surface area contributed by atoms with Gasteiger partial charge in [-0.05, 0) is 25.5 Å². The third-order valence-electron chi connectivity index (χ3n) is 4.68. The number of para-hydroxylation sites is 1. The van der Waals surface area contributed by atoms with Gasteiger partial charge in [0, 0.05) is 31.6 Å². The minimum absolute atomic E-state index is 0.556.